The van der Waals surface area contributed by atoms with Gasteiger partial charge in [0.1, 0.15) is 0 Å². The molecule has 0 aliphatic carbocycles. The first-order valence-corrected chi connectivity index (χ1v) is 9.09. The third-order valence-corrected chi connectivity index (χ3v) is 5.23. The molecule has 1 N–H and O–H groups in total. The highest BCUT2D eigenvalue weighted by Crippen LogP contribution is 2.38. The molecule has 3 heteroatoms. The molecule has 0 aromatic carbocycles. The van der Waals surface area contributed by atoms with Gasteiger partial charge in [-0.05, 0) is 74.9 Å². The van der Waals surface area contributed by atoms with Crippen molar-refractivity contribution >= 4 is 11.3 Å². The quantitative estimate of drug-likeness (QED) is 0.783. The van der Waals surface area contributed by atoms with Crippen LogP contribution in [0.25, 0.3) is 5.57 Å². The van der Waals surface area contributed by atoms with Crippen LogP contribution in [0.5, 0.6) is 0 Å². The average Bonchev–Trinajstić information content (AvgIpc) is 3.05. The summed E-state index contributed by atoms with van der Waals surface area (Å²) in [7, 11) is 0. The molecule has 0 atom stereocenters. The SMILES string of the molecule is CCC1=C(C)/C(=C(/c2ccccn2)c2[nH]c(C)c(CC)c2C)N=C1C. The largest absolute Gasteiger partial charge is 0.358 e. The molecule has 0 bridgehead atoms. The predicted molar refractivity (Wildman–Crippen MR) is 106 cm³/mol. The number of rotatable bonds is 4. The molecule has 0 amide bonds. The average molecular weight is 333 g/mol. The van der Waals surface area contributed by atoms with E-state index >= 15 is 0 Å². The second-order valence-corrected chi connectivity index (χ2v) is 6.68. The Morgan fingerprint density at radius 1 is 1.04 bits per heavy atom. The Bertz CT molecular complexity index is 893. The van der Waals surface area contributed by atoms with Crippen molar-refractivity contribution in [1.82, 2.24) is 9.97 Å². The molecule has 3 rings (SSSR count). The first-order valence-electron chi connectivity index (χ1n) is 9.09. The molecule has 2 aromatic heterocycles. The van der Waals surface area contributed by atoms with E-state index in [1.165, 1.54) is 28.0 Å². The van der Waals surface area contributed by atoms with Gasteiger partial charge in [0, 0.05) is 23.2 Å². The number of aromatic amines is 1. The van der Waals surface area contributed by atoms with Crippen molar-refractivity contribution in [3.8, 4) is 0 Å². The number of hydrogen-bond donors (Lipinski definition) is 1. The standard InChI is InChI=1S/C22H27N3/c1-7-17-13(3)21(24-15(17)5)20(19-11-9-10-12-23-19)22-14(4)18(8-2)16(6)25-22/h9-12,24H,7-8H2,1-6H3/b22-20+. The van der Waals surface area contributed by atoms with Crippen molar-refractivity contribution in [3.63, 3.8) is 0 Å². The van der Waals surface area contributed by atoms with Crippen molar-refractivity contribution in [2.75, 3.05) is 0 Å². The molecule has 0 unspecified atom stereocenters. The van der Waals surface area contributed by atoms with Gasteiger partial charge in [-0.3, -0.25) is 9.98 Å². The Balaban J connectivity index is 2.35. The number of H-pyrrole nitrogens is 1. The maximum absolute atomic E-state index is 4.94. The number of allylic oxidation sites excluding steroid dienone is 2. The zero-order valence-corrected chi connectivity index (χ0v) is 16.1. The molecule has 25 heavy (non-hydrogen) atoms. The van der Waals surface area contributed by atoms with Crippen molar-refractivity contribution in [1.29, 1.82) is 0 Å². The molecule has 0 fully saturated rings. The molecule has 3 nitrogen and oxygen atoms in total. The first kappa shape index (κ1) is 17.4. The number of aromatic nitrogens is 2. The highest BCUT2D eigenvalue weighted by Gasteiger charge is 2.25. The molecule has 0 radical (unpaired) electrons. The summed E-state index contributed by atoms with van der Waals surface area (Å²) < 4.78 is 0. The topological polar surface area (TPSA) is 41.0 Å². The molecular weight excluding hydrogens is 306 g/mol. The zero-order valence-electron chi connectivity index (χ0n) is 16.1. The van der Waals surface area contributed by atoms with E-state index < -0.39 is 0 Å². The van der Waals surface area contributed by atoms with E-state index in [1.807, 2.05) is 18.3 Å². The number of nitrogens with zero attached hydrogens (tertiary/aromatic N) is 2. The number of hydrogen-bond acceptors (Lipinski definition) is 2. The lowest BCUT2D eigenvalue weighted by molar-refractivity contribution is 1.08. The number of aliphatic imine (C=N–C) groups is 1. The van der Waals surface area contributed by atoms with E-state index in [0.29, 0.717) is 0 Å². The van der Waals surface area contributed by atoms with E-state index in [2.05, 4.69) is 57.6 Å². The summed E-state index contributed by atoms with van der Waals surface area (Å²) >= 11 is 0. The molecule has 1 aliphatic rings. The van der Waals surface area contributed by atoms with Gasteiger partial charge < -0.3 is 4.98 Å². The minimum Gasteiger partial charge on any atom is -0.358 e. The van der Waals surface area contributed by atoms with Crippen LogP contribution in [-0.2, 0) is 6.42 Å². The summed E-state index contributed by atoms with van der Waals surface area (Å²) in [5.41, 5.74) is 12.0. The lowest BCUT2D eigenvalue weighted by Crippen LogP contribution is -1.98. The number of pyridine rings is 1. The van der Waals surface area contributed by atoms with E-state index in [1.54, 1.807) is 0 Å². The molecule has 0 saturated carbocycles. The van der Waals surface area contributed by atoms with Crippen LogP contribution in [0.1, 0.15) is 62.3 Å². The maximum Gasteiger partial charge on any atom is 0.0780 e. The van der Waals surface area contributed by atoms with E-state index in [-0.39, 0.29) is 0 Å². The Labute approximate surface area is 150 Å². The molecule has 0 spiro atoms. The summed E-state index contributed by atoms with van der Waals surface area (Å²) in [4.78, 5) is 13.2. The van der Waals surface area contributed by atoms with Gasteiger partial charge in [-0.2, -0.15) is 0 Å². The summed E-state index contributed by atoms with van der Waals surface area (Å²) in [5, 5.41) is 0. The minimum absolute atomic E-state index is 0.970. The van der Waals surface area contributed by atoms with Gasteiger partial charge in [-0.1, -0.05) is 19.9 Å². The van der Waals surface area contributed by atoms with Gasteiger partial charge in [-0.15, -0.1) is 0 Å². The third-order valence-electron chi connectivity index (χ3n) is 5.23. The van der Waals surface area contributed by atoms with Crippen LogP contribution < -0.4 is 0 Å². The monoisotopic (exact) mass is 333 g/mol. The van der Waals surface area contributed by atoms with Crippen molar-refractivity contribution in [2.45, 2.75) is 54.4 Å². The van der Waals surface area contributed by atoms with E-state index in [0.717, 1.165) is 41.2 Å². The van der Waals surface area contributed by atoms with Crippen LogP contribution in [0, 0.1) is 13.8 Å². The smallest absolute Gasteiger partial charge is 0.0780 e. The Kier molecular flexibility index (Phi) is 4.76. The van der Waals surface area contributed by atoms with E-state index in [4.69, 9.17) is 4.99 Å². The highest BCUT2D eigenvalue weighted by atomic mass is 14.8. The Morgan fingerprint density at radius 3 is 2.32 bits per heavy atom. The van der Waals surface area contributed by atoms with Crippen LogP contribution in [-0.4, -0.2) is 15.7 Å². The summed E-state index contributed by atoms with van der Waals surface area (Å²) in [5.74, 6) is 0. The lowest BCUT2D eigenvalue weighted by Gasteiger charge is -2.11. The van der Waals surface area contributed by atoms with Crippen molar-refractivity contribution in [3.05, 3.63) is 69.4 Å². The molecule has 3 heterocycles. The zero-order chi connectivity index (χ0) is 18.1. The lowest BCUT2D eigenvalue weighted by atomic mass is 9.96. The van der Waals surface area contributed by atoms with Crippen LogP contribution in [0.4, 0.5) is 0 Å². The fourth-order valence-corrected chi connectivity index (χ4v) is 3.95. The minimum atomic E-state index is 0.970. The third kappa shape index (κ3) is 2.88. The summed E-state index contributed by atoms with van der Waals surface area (Å²) in [6, 6.07) is 6.07. The second kappa shape index (κ2) is 6.83. The molecule has 2 aromatic rings. The van der Waals surface area contributed by atoms with Gasteiger partial charge in [0.15, 0.2) is 0 Å². The van der Waals surface area contributed by atoms with Crippen LogP contribution >= 0.6 is 0 Å². The summed E-state index contributed by atoms with van der Waals surface area (Å²) in [6.45, 7) is 13.0. The molecule has 0 saturated heterocycles. The fourth-order valence-electron chi connectivity index (χ4n) is 3.95. The molecule has 130 valence electrons. The highest BCUT2D eigenvalue weighted by molar-refractivity contribution is 6.05. The predicted octanol–water partition coefficient (Wildman–Crippen LogP) is 5.55. The van der Waals surface area contributed by atoms with Gasteiger partial charge in [0.2, 0.25) is 0 Å². The Morgan fingerprint density at radius 2 is 1.80 bits per heavy atom. The fraction of sp³-hybridized carbons (Fsp3) is 0.364. The Hall–Kier alpha value is -2.42. The molecular formula is C22H27N3. The van der Waals surface area contributed by atoms with Crippen molar-refractivity contribution < 1.29 is 0 Å². The number of nitrogens with one attached hydrogen (secondary N) is 1. The van der Waals surface area contributed by atoms with Crippen LogP contribution in [0.2, 0.25) is 0 Å². The number of aryl methyl sites for hydroxylation is 1. The van der Waals surface area contributed by atoms with Gasteiger partial charge in [0.25, 0.3) is 0 Å². The van der Waals surface area contributed by atoms with Crippen LogP contribution in [0.3, 0.4) is 0 Å². The van der Waals surface area contributed by atoms with Crippen molar-refractivity contribution in [2.24, 2.45) is 4.99 Å². The summed E-state index contributed by atoms with van der Waals surface area (Å²) in [6.07, 6.45) is 3.88. The normalized spacial score (nSPS) is 16.5. The maximum atomic E-state index is 4.94. The van der Waals surface area contributed by atoms with Crippen LogP contribution in [0.15, 0.2) is 46.2 Å². The van der Waals surface area contributed by atoms with Gasteiger partial charge in [-0.25, -0.2) is 0 Å². The van der Waals surface area contributed by atoms with Gasteiger partial charge >= 0.3 is 0 Å². The second-order valence-electron chi connectivity index (χ2n) is 6.68. The van der Waals surface area contributed by atoms with E-state index in [9.17, 15) is 0 Å². The van der Waals surface area contributed by atoms with Gasteiger partial charge in [0.05, 0.1) is 17.1 Å². The molecule has 1 aliphatic heterocycles. The first-order chi connectivity index (χ1) is 12.0.